The Labute approximate surface area is 205 Å². The van der Waals surface area contributed by atoms with E-state index in [0.29, 0.717) is 17.0 Å². The second-order valence-electron chi connectivity index (χ2n) is 8.03. The molecule has 0 heterocycles. The van der Waals surface area contributed by atoms with Gasteiger partial charge in [-0.05, 0) is 62.2 Å². The third-order valence-electron chi connectivity index (χ3n) is 5.28. The highest BCUT2D eigenvalue weighted by Crippen LogP contribution is 2.22. The predicted molar refractivity (Wildman–Crippen MR) is 133 cm³/mol. The summed E-state index contributed by atoms with van der Waals surface area (Å²) in [6, 6.07) is 18.4. The molecular formula is C26H28N2O6S. The lowest BCUT2D eigenvalue weighted by Gasteiger charge is -2.16. The van der Waals surface area contributed by atoms with E-state index in [1.165, 1.54) is 32.2 Å². The molecule has 0 bridgehead atoms. The van der Waals surface area contributed by atoms with Gasteiger partial charge in [-0.15, -0.1) is 0 Å². The smallest absolute Gasteiger partial charge is 0.338 e. The molecule has 184 valence electrons. The average molecular weight is 497 g/mol. The quantitative estimate of drug-likeness (QED) is 0.434. The number of anilines is 1. The zero-order chi connectivity index (χ0) is 25.6. The van der Waals surface area contributed by atoms with E-state index in [1.54, 1.807) is 31.2 Å². The molecule has 2 N–H and O–H groups in total. The summed E-state index contributed by atoms with van der Waals surface area (Å²) in [5.74, 6) is -0.674. The van der Waals surface area contributed by atoms with Crippen LogP contribution in [0.3, 0.4) is 0 Å². The molecule has 0 saturated heterocycles. The molecular weight excluding hydrogens is 468 g/mol. The average Bonchev–Trinajstić information content (AvgIpc) is 2.82. The van der Waals surface area contributed by atoms with Crippen molar-refractivity contribution in [2.45, 2.75) is 38.3 Å². The van der Waals surface area contributed by atoms with Gasteiger partial charge >= 0.3 is 5.97 Å². The molecule has 0 aromatic heterocycles. The maximum Gasteiger partial charge on any atom is 0.338 e. The van der Waals surface area contributed by atoms with Gasteiger partial charge in [0.25, 0.3) is 15.9 Å². The summed E-state index contributed by atoms with van der Waals surface area (Å²) in [6.07, 6.45) is -1.09. The summed E-state index contributed by atoms with van der Waals surface area (Å²) in [7, 11) is -2.42. The minimum atomic E-state index is -3.96. The Morgan fingerprint density at radius 2 is 1.71 bits per heavy atom. The summed E-state index contributed by atoms with van der Waals surface area (Å²) < 4.78 is 39.0. The van der Waals surface area contributed by atoms with Gasteiger partial charge in [-0.2, -0.15) is 0 Å². The van der Waals surface area contributed by atoms with Crippen molar-refractivity contribution in [3.8, 4) is 5.75 Å². The van der Waals surface area contributed by atoms with Crippen LogP contribution in [0.4, 0.5) is 5.69 Å². The van der Waals surface area contributed by atoms with Crippen LogP contribution in [0, 0.1) is 13.8 Å². The number of methoxy groups -OCH3 is 1. The van der Waals surface area contributed by atoms with E-state index in [2.05, 4.69) is 10.0 Å². The van der Waals surface area contributed by atoms with Crippen molar-refractivity contribution >= 4 is 27.6 Å². The van der Waals surface area contributed by atoms with Crippen LogP contribution < -0.4 is 14.8 Å². The summed E-state index contributed by atoms with van der Waals surface area (Å²) in [5.41, 5.74) is 2.57. The molecule has 0 aliphatic rings. The summed E-state index contributed by atoms with van der Waals surface area (Å²) in [6.45, 7) is 5.13. The first-order valence-electron chi connectivity index (χ1n) is 10.9. The van der Waals surface area contributed by atoms with E-state index < -0.39 is 28.0 Å². The van der Waals surface area contributed by atoms with E-state index in [9.17, 15) is 18.0 Å². The van der Waals surface area contributed by atoms with Gasteiger partial charge in [0.1, 0.15) is 5.75 Å². The SMILES string of the molecule is COc1ccccc1CNC(=O)C(C)OC(=O)c1ccc(C)c(S(=O)(=O)Nc2cccc(C)c2)c1. The molecule has 0 saturated carbocycles. The minimum absolute atomic E-state index is 0.0181. The number of esters is 1. The van der Waals surface area contributed by atoms with Gasteiger partial charge in [-0.25, -0.2) is 13.2 Å². The van der Waals surface area contributed by atoms with E-state index in [1.807, 2.05) is 31.2 Å². The van der Waals surface area contributed by atoms with E-state index in [-0.39, 0.29) is 17.0 Å². The van der Waals surface area contributed by atoms with Gasteiger partial charge in [0, 0.05) is 17.8 Å². The summed E-state index contributed by atoms with van der Waals surface area (Å²) in [4.78, 5) is 25.1. The number of amides is 1. The van der Waals surface area contributed by atoms with Crippen LogP contribution in [-0.4, -0.2) is 33.5 Å². The van der Waals surface area contributed by atoms with E-state index in [4.69, 9.17) is 9.47 Å². The number of carbonyl (C=O) groups excluding carboxylic acids is 2. The van der Waals surface area contributed by atoms with Crippen LogP contribution in [-0.2, 0) is 26.1 Å². The number of hydrogen-bond donors (Lipinski definition) is 2. The number of sulfonamides is 1. The van der Waals surface area contributed by atoms with Crippen LogP contribution in [0.1, 0.15) is 34.0 Å². The topological polar surface area (TPSA) is 111 Å². The van der Waals surface area contributed by atoms with Crippen LogP contribution in [0.2, 0.25) is 0 Å². The fourth-order valence-electron chi connectivity index (χ4n) is 3.39. The Balaban J connectivity index is 1.69. The Morgan fingerprint density at radius 3 is 2.43 bits per heavy atom. The maximum atomic E-state index is 13.0. The minimum Gasteiger partial charge on any atom is -0.496 e. The van der Waals surface area contributed by atoms with Gasteiger partial charge < -0.3 is 14.8 Å². The molecule has 35 heavy (non-hydrogen) atoms. The summed E-state index contributed by atoms with van der Waals surface area (Å²) >= 11 is 0. The van der Waals surface area contributed by atoms with Crippen molar-refractivity contribution in [2.75, 3.05) is 11.8 Å². The molecule has 3 aromatic carbocycles. The van der Waals surface area contributed by atoms with Gasteiger partial charge in [0.15, 0.2) is 6.10 Å². The molecule has 1 atom stereocenters. The largest absolute Gasteiger partial charge is 0.496 e. The van der Waals surface area contributed by atoms with Crippen LogP contribution >= 0.6 is 0 Å². The normalized spacial score (nSPS) is 11.9. The molecule has 9 heteroatoms. The monoisotopic (exact) mass is 496 g/mol. The lowest BCUT2D eigenvalue weighted by atomic mass is 10.1. The fraction of sp³-hybridized carbons (Fsp3) is 0.231. The van der Waals surface area contributed by atoms with Crippen molar-refractivity contribution in [3.63, 3.8) is 0 Å². The molecule has 0 radical (unpaired) electrons. The molecule has 0 fully saturated rings. The molecule has 8 nitrogen and oxygen atoms in total. The van der Waals surface area contributed by atoms with Gasteiger partial charge in [-0.3, -0.25) is 9.52 Å². The van der Waals surface area contributed by atoms with Gasteiger partial charge in [0.05, 0.1) is 17.6 Å². The van der Waals surface area contributed by atoms with Crippen LogP contribution in [0.15, 0.2) is 71.6 Å². The van der Waals surface area contributed by atoms with Crippen LogP contribution in [0.25, 0.3) is 0 Å². The number of ether oxygens (including phenoxy) is 2. The Hall–Kier alpha value is -3.85. The lowest BCUT2D eigenvalue weighted by molar-refractivity contribution is -0.129. The molecule has 0 spiro atoms. The zero-order valence-electron chi connectivity index (χ0n) is 20.0. The number of hydrogen-bond acceptors (Lipinski definition) is 6. The number of aryl methyl sites for hydroxylation is 2. The first-order chi connectivity index (χ1) is 16.6. The molecule has 0 aliphatic carbocycles. The molecule has 3 aromatic rings. The number of carbonyl (C=O) groups is 2. The third kappa shape index (κ3) is 6.60. The first kappa shape index (κ1) is 25.8. The lowest BCUT2D eigenvalue weighted by Crippen LogP contribution is -2.35. The standard InChI is InChI=1S/C26H28N2O6S/c1-17-8-7-10-22(14-17)28-35(31,32)24-15-20(13-12-18(24)2)26(30)34-19(3)25(29)27-16-21-9-5-6-11-23(21)33-4/h5-15,19,28H,16H2,1-4H3,(H,27,29). The first-order valence-corrected chi connectivity index (χ1v) is 12.4. The highest BCUT2D eigenvalue weighted by molar-refractivity contribution is 7.92. The van der Waals surface area contributed by atoms with Crippen molar-refractivity contribution < 1.29 is 27.5 Å². The number of nitrogens with one attached hydrogen (secondary N) is 2. The highest BCUT2D eigenvalue weighted by Gasteiger charge is 2.23. The molecule has 1 unspecified atom stereocenters. The van der Waals surface area contributed by atoms with E-state index >= 15 is 0 Å². The maximum absolute atomic E-state index is 13.0. The molecule has 3 rings (SSSR count). The second-order valence-corrected chi connectivity index (χ2v) is 9.68. The highest BCUT2D eigenvalue weighted by atomic mass is 32.2. The van der Waals surface area contributed by atoms with Crippen molar-refractivity contribution in [1.82, 2.24) is 5.32 Å². The predicted octanol–water partition coefficient (Wildman–Crippen LogP) is 3.97. The summed E-state index contributed by atoms with van der Waals surface area (Å²) in [5, 5.41) is 2.70. The van der Waals surface area contributed by atoms with Crippen molar-refractivity contribution in [1.29, 1.82) is 0 Å². The van der Waals surface area contributed by atoms with E-state index in [0.717, 1.165) is 11.1 Å². The van der Waals surface area contributed by atoms with Crippen molar-refractivity contribution in [2.24, 2.45) is 0 Å². The number of para-hydroxylation sites is 1. The second kappa shape index (κ2) is 11.1. The Kier molecular flexibility index (Phi) is 8.14. The molecule has 0 aliphatic heterocycles. The Morgan fingerprint density at radius 1 is 0.971 bits per heavy atom. The zero-order valence-corrected chi connectivity index (χ0v) is 20.8. The number of benzene rings is 3. The molecule has 1 amide bonds. The third-order valence-corrected chi connectivity index (χ3v) is 6.81. The van der Waals surface area contributed by atoms with Crippen LogP contribution in [0.5, 0.6) is 5.75 Å². The van der Waals surface area contributed by atoms with Gasteiger partial charge in [0.2, 0.25) is 0 Å². The van der Waals surface area contributed by atoms with Crippen molar-refractivity contribution in [3.05, 3.63) is 89.0 Å². The fourth-order valence-corrected chi connectivity index (χ4v) is 4.71. The Bertz CT molecular complexity index is 1340. The van der Waals surface area contributed by atoms with Gasteiger partial charge in [-0.1, -0.05) is 36.4 Å². The number of rotatable bonds is 9.